The van der Waals surface area contributed by atoms with Gasteiger partial charge in [0.1, 0.15) is 0 Å². The van der Waals surface area contributed by atoms with E-state index in [9.17, 15) is 19.5 Å². The van der Waals surface area contributed by atoms with Gasteiger partial charge in [-0.05, 0) is 30.9 Å². The van der Waals surface area contributed by atoms with Gasteiger partial charge in [-0.25, -0.2) is 0 Å². The van der Waals surface area contributed by atoms with Crippen LogP contribution in [0.25, 0.3) is 0 Å². The molecule has 1 unspecified atom stereocenters. The molecule has 140 valence electrons. The Bertz CT molecular complexity index is 710. The Morgan fingerprint density at radius 1 is 1.31 bits per heavy atom. The molecule has 2 aliphatic heterocycles. The number of amides is 2. The number of carboxylic acid groups (broad SMARTS) is 1. The largest absolute Gasteiger partial charge is 0.481 e. The van der Waals surface area contributed by atoms with Gasteiger partial charge in [0.2, 0.25) is 11.8 Å². The van der Waals surface area contributed by atoms with Crippen molar-refractivity contribution >= 4 is 17.8 Å². The molecule has 1 aromatic rings. The molecule has 1 atom stereocenters. The molecule has 2 aliphatic rings. The second kappa shape index (κ2) is 7.45. The molecule has 0 aliphatic carbocycles. The minimum atomic E-state index is -0.923. The monoisotopic (exact) mass is 359 g/mol. The van der Waals surface area contributed by atoms with Crippen LogP contribution in [0, 0.1) is 12.8 Å². The summed E-state index contributed by atoms with van der Waals surface area (Å²) in [6, 6.07) is 7.93. The maximum Gasteiger partial charge on any atom is 0.309 e. The lowest BCUT2D eigenvalue weighted by Gasteiger charge is -2.41. The number of carboxylic acids is 1. The molecule has 7 heteroatoms. The number of rotatable bonds is 5. The Morgan fingerprint density at radius 3 is 2.65 bits per heavy atom. The summed E-state index contributed by atoms with van der Waals surface area (Å²) >= 11 is 0. The predicted molar refractivity (Wildman–Crippen MR) is 95.3 cm³/mol. The van der Waals surface area contributed by atoms with E-state index in [1.165, 1.54) is 0 Å². The van der Waals surface area contributed by atoms with Crippen LogP contribution in [-0.4, -0.2) is 53.0 Å². The zero-order chi connectivity index (χ0) is 18.7. The Morgan fingerprint density at radius 2 is 2.00 bits per heavy atom. The van der Waals surface area contributed by atoms with Crippen LogP contribution in [0.4, 0.5) is 0 Å². The summed E-state index contributed by atoms with van der Waals surface area (Å²) in [5.41, 5.74) is 1.58. The lowest BCUT2D eigenvalue weighted by Crippen LogP contribution is -2.56. The molecule has 7 nitrogen and oxygen atoms in total. The SMILES string of the molecule is Cc1ccccc1CNC(=O)CN1CCC2(CC1)NC(=O)CC2C(=O)O. The van der Waals surface area contributed by atoms with E-state index in [4.69, 9.17) is 0 Å². The molecule has 2 amide bonds. The highest BCUT2D eigenvalue weighted by atomic mass is 16.4. The molecule has 0 saturated carbocycles. The summed E-state index contributed by atoms with van der Waals surface area (Å²) in [6.45, 7) is 4.00. The molecular formula is C19H25N3O4. The fourth-order valence-corrected chi connectivity index (χ4v) is 3.97. The minimum absolute atomic E-state index is 0.0468. The number of hydrogen-bond acceptors (Lipinski definition) is 4. The topological polar surface area (TPSA) is 98.7 Å². The number of piperidine rings is 1. The van der Waals surface area contributed by atoms with Crippen molar-refractivity contribution in [2.45, 2.75) is 38.3 Å². The highest BCUT2D eigenvalue weighted by molar-refractivity contribution is 5.88. The molecular weight excluding hydrogens is 334 g/mol. The van der Waals surface area contributed by atoms with Gasteiger partial charge in [-0.1, -0.05) is 24.3 Å². The average molecular weight is 359 g/mol. The van der Waals surface area contributed by atoms with Crippen LogP contribution in [0.1, 0.15) is 30.4 Å². The van der Waals surface area contributed by atoms with Gasteiger partial charge < -0.3 is 15.7 Å². The quantitative estimate of drug-likeness (QED) is 0.718. The molecule has 0 bridgehead atoms. The van der Waals surface area contributed by atoms with Gasteiger partial charge >= 0.3 is 5.97 Å². The van der Waals surface area contributed by atoms with Gasteiger partial charge in [0.25, 0.3) is 0 Å². The van der Waals surface area contributed by atoms with Crippen LogP contribution in [0.2, 0.25) is 0 Å². The predicted octanol–water partition coefficient (Wildman–Crippen LogP) is 0.667. The van der Waals surface area contributed by atoms with E-state index in [1.807, 2.05) is 36.1 Å². The van der Waals surface area contributed by atoms with Crippen molar-refractivity contribution in [3.8, 4) is 0 Å². The van der Waals surface area contributed by atoms with E-state index < -0.39 is 17.4 Å². The minimum Gasteiger partial charge on any atom is -0.481 e. The van der Waals surface area contributed by atoms with Crippen LogP contribution in [0.3, 0.4) is 0 Å². The number of carbonyl (C=O) groups excluding carboxylic acids is 2. The maximum atomic E-state index is 12.2. The van der Waals surface area contributed by atoms with Crippen LogP contribution in [0.15, 0.2) is 24.3 Å². The first-order valence-corrected chi connectivity index (χ1v) is 8.97. The summed E-state index contributed by atoms with van der Waals surface area (Å²) in [5, 5.41) is 15.2. The van der Waals surface area contributed by atoms with Crippen molar-refractivity contribution in [3.05, 3.63) is 35.4 Å². The first-order valence-electron chi connectivity index (χ1n) is 8.97. The number of nitrogens with zero attached hydrogens (tertiary/aromatic N) is 1. The fourth-order valence-electron chi connectivity index (χ4n) is 3.97. The van der Waals surface area contributed by atoms with Gasteiger partial charge in [0.05, 0.1) is 18.0 Å². The summed E-state index contributed by atoms with van der Waals surface area (Å²) in [7, 11) is 0. The molecule has 1 spiro atoms. The van der Waals surface area contributed by atoms with Gasteiger partial charge in [-0.3, -0.25) is 19.3 Å². The van der Waals surface area contributed by atoms with E-state index in [1.54, 1.807) is 0 Å². The van der Waals surface area contributed by atoms with Crippen molar-refractivity contribution < 1.29 is 19.5 Å². The van der Waals surface area contributed by atoms with Gasteiger partial charge in [0.15, 0.2) is 0 Å². The molecule has 3 N–H and O–H groups in total. The van der Waals surface area contributed by atoms with Crippen molar-refractivity contribution in [2.75, 3.05) is 19.6 Å². The fraction of sp³-hybridized carbons (Fsp3) is 0.526. The molecule has 2 fully saturated rings. The number of hydrogen-bond donors (Lipinski definition) is 3. The zero-order valence-electron chi connectivity index (χ0n) is 15.0. The summed E-state index contributed by atoms with van der Waals surface area (Å²) in [5.74, 6) is -1.84. The van der Waals surface area contributed by atoms with Crippen LogP contribution >= 0.6 is 0 Å². The van der Waals surface area contributed by atoms with Crippen LogP contribution < -0.4 is 10.6 Å². The Balaban J connectivity index is 1.49. The standard InChI is InChI=1S/C19H25N3O4/c1-13-4-2-3-5-14(13)11-20-17(24)12-22-8-6-19(7-9-22)15(18(25)26)10-16(23)21-19/h2-5,15H,6-12H2,1H3,(H,20,24)(H,21,23)(H,25,26). The lowest BCUT2D eigenvalue weighted by molar-refractivity contribution is -0.145. The maximum absolute atomic E-state index is 12.2. The van der Waals surface area contributed by atoms with Crippen molar-refractivity contribution in [1.29, 1.82) is 0 Å². The molecule has 3 rings (SSSR count). The smallest absolute Gasteiger partial charge is 0.309 e. The molecule has 1 aromatic carbocycles. The van der Waals surface area contributed by atoms with E-state index in [0.717, 1.165) is 11.1 Å². The van der Waals surface area contributed by atoms with E-state index >= 15 is 0 Å². The average Bonchev–Trinajstić information content (AvgIpc) is 2.93. The lowest BCUT2D eigenvalue weighted by atomic mass is 9.78. The molecule has 26 heavy (non-hydrogen) atoms. The molecule has 0 aromatic heterocycles. The highest BCUT2D eigenvalue weighted by Crippen LogP contribution is 2.36. The Labute approximate surface area is 152 Å². The Hall–Kier alpha value is -2.41. The van der Waals surface area contributed by atoms with Crippen molar-refractivity contribution in [3.63, 3.8) is 0 Å². The number of likely N-dealkylation sites (tertiary alicyclic amines) is 1. The van der Waals surface area contributed by atoms with Crippen LogP contribution in [-0.2, 0) is 20.9 Å². The second-order valence-electron chi connectivity index (χ2n) is 7.28. The first-order chi connectivity index (χ1) is 12.4. The number of benzene rings is 1. The highest BCUT2D eigenvalue weighted by Gasteiger charge is 2.51. The van der Waals surface area contributed by atoms with Gasteiger partial charge in [-0.2, -0.15) is 0 Å². The number of nitrogens with one attached hydrogen (secondary N) is 2. The van der Waals surface area contributed by atoms with Crippen molar-refractivity contribution in [2.24, 2.45) is 5.92 Å². The van der Waals surface area contributed by atoms with Crippen LogP contribution in [0.5, 0.6) is 0 Å². The van der Waals surface area contributed by atoms with E-state index in [-0.39, 0.29) is 24.8 Å². The third-order valence-corrected chi connectivity index (χ3v) is 5.60. The first kappa shape index (κ1) is 18.4. The number of carbonyl (C=O) groups is 3. The summed E-state index contributed by atoms with van der Waals surface area (Å²) in [4.78, 5) is 37.4. The van der Waals surface area contributed by atoms with Gasteiger partial charge in [-0.15, -0.1) is 0 Å². The second-order valence-corrected chi connectivity index (χ2v) is 7.28. The zero-order valence-corrected chi connectivity index (χ0v) is 15.0. The number of aryl methyl sites for hydroxylation is 1. The Kier molecular flexibility index (Phi) is 5.27. The molecule has 2 heterocycles. The van der Waals surface area contributed by atoms with E-state index in [0.29, 0.717) is 32.5 Å². The normalized spacial score (nSPS) is 22.2. The van der Waals surface area contributed by atoms with Gasteiger partial charge in [0, 0.05) is 26.1 Å². The number of aliphatic carboxylic acids is 1. The third kappa shape index (κ3) is 3.88. The summed E-state index contributed by atoms with van der Waals surface area (Å²) < 4.78 is 0. The summed E-state index contributed by atoms with van der Waals surface area (Å²) in [6.07, 6.45) is 1.16. The third-order valence-electron chi connectivity index (χ3n) is 5.60. The molecule has 0 radical (unpaired) electrons. The molecule has 2 saturated heterocycles. The van der Waals surface area contributed by atoms with E-state index in [2.05, 4.69) is 10.6 Å². The van der Waals surface area contributed by atoms with Crippen molar-refractivity contribution in [1.82, 2.24) is 15.5 Å².